The number of carbonyl (C=O) groups is 3. The van der Waals surface area contributed by atoms with E-state index in [1.54, 1.807) is 0 Å². The Labute approximate surface area is 132 Å². The maximum atomic E-state index is 12.2. The van der Waals surface area contributed by atoms with Crippen molar-refractivity contribution in [2.45, 2.75) is 58.4 Å². The highest BCUT2D eigenvalue weighted by atomic mass is 16.3. The highest BCUT2D eigenvalue weighted by molar-refractivity contribution is 6.37. The van der Waals surface area contributed by atoms with Gasteiger partial charge in [-0.15, -0.1) is 0 Å². The van der Waals surface area contributed by atoms with Gasteiger partial charge in [0.25, 0.3) is 5.91 Å². The summed E-state index contributed by atoms with van der Waals surface area (Å²) < 4.78 is 0. The Kier molecular flexibility index (Phi) is 8.09. The fourth-order valence-corrected chi connectivity index (χ4v) is 2.78. The largest absolute Gasteiger partial charge is 0.395 e. The van der Waals surface area contributed by atoms with Crippen LogP contribution in [0.3, 0.4) is 0 Å². The molecule has 0 radical (unpaired) electrons. The summed E-state index contributed by atoms with van der Waals surface area (Å²) >= 11 is 0. The predicted octanol–water partition coefficient (Wildman–Crippen LogP) is 0.775. The van der Waals surface area contributed by atoms with Crippen molar-refractivity contribution in [2.75, 3.05) is 13.2 Å². The first-order valence-corrected chi connectivity index (χ1v) is 8.19. The zero-order valence-electron chi connectivity index (χ0n) is 13.6. The van der Waals surface area contributed by atoms with Gasteiger partial charge in [0.1, 0.15) is 6.04 Å². The third-order valence-electron chi connectivity index (χ3n) is 3.94. The van der Waals surface area contributed by atoms with Crippen LogP contribution in [-0.4, -0.2) is 41.9 Å². The summed E-state index contributed by atoms with van der Waals surface area (Å²) in [5, 5.41) is 13.9. The highest BCUT2D eigenvalue weighted by Gasteiger charge is 2.30. The molecule has 0 aromatic carbocycles. The molecule has 1 rings (SSSR count). The number of aliphatic hydroxyl groups excluding tert-OH is 1. The van der Waals surface area contributed by atoms with Crippen molar-refractivity contribution < 1.29 is 19.5 Å². The van der Waals surface area contributed by atoms with E-state index >= 15 is 0 Å². The first-order chi connectivity index (χ1) is 10.5. The molecule has 22 heavy (non-hydrogen) atoms. The van der Waals surface area contributed by atoms with Crippen LogP contribution in [0.15, 0.2) is 0 Å². The highest BCUT2D eigenvalue weighted by Crippen LogP contribution is 2.24. The van der Waals surface area contributed by atoms with E-state index in [2.05, 4.69) is 10.6 Å². The molecule has 126 valence electrons. The van der Waals surface area contributed by atoms with Crippen LogP contribution in [0.25, 0.3) is 0 Å². The lowest BCUT2D eigenvalue weighted by Gasteiger charge is -2.23. The Hall–Kier alpha value is -1.43. The molecule has 6 heteroatoms. The molecular formula is C16H28N2O4. The third-order valence-corrected chi connectivity index (χ3v) is 3.94. The minimum atomic E-state index is -0.730. The third kappa shape index (κ3) is 6.13. The Morgan fingerprint density at radius 3 is 2.32 bits per heavy atom. The number of nitrogens with one attached hydrogen (secondary N) is 2. The predicted molar refractivity (Wildman–Crippen MR) is 83.1 cm³/mol. The van der Waals surface area contributed by atoms with Gasteiger partial charge in [-0.2, -0.15) is 0 Å². The van der Waals surface area contributed by atoms with E-state index in [0.717, 1.165) is 32.1 Å². The van der Waals surface area contributed by atoms with Crippen LogP contribution in [0.2, 0.25) is 0 Å². The second-order valence-electron chi connectivity index (χ2n) is 6.37. The van der Waals surface area contributed by atoms with Crippen molar-refractivity contribution in [3.63, 3.8) is 0 Å². The van der Waals surface area contributed by atoms with Crippen molar-refractivity contribution >= 4 is 17.6 Å². The van der Waals surface area contributed by atoms with Crippen molar-refractivity contribution in [1.82, 2.24) is 10.6 Å². The molecule has 1 fully saturated rings. The Bertz CT molecular complexity index is 390. The zero-order chi connectivity index (χ0) is 16.5. The fraction of sp³-hybridized carbons (Fsp3) is 0.812. The van der Waals surface area contributed by atoms with E-state index in [1.165, 1.54) is 0 Å². The summed E-state index contributed by atoms with van der Waals surface area (Å²) in [5.74, 6) is -1.41. The molecule has 1 atom stereocenters. The van der Waals surface area contributed by atoms with Gasteiger partial charge >= 0.3 is 0 Å². The minimum Gasteiger partial charge on any atom is -0.395 e. The number of carbonyl (C=O) groups excluding carboxylic acids is 3. The SMILES string of the molecule is CC(C)C[C@H](NC(=O)C(=O)C1CCCCC1)C(=O)NCCO. The second-order valence-corrected chi connectivity index (χ2v) is 6.37. The van der Waals surface area contributed by atoms with Crippen LogP contribution in [0.1, 0.15) is 52.4 Å². The van der Waals surface area contributed by atoms with E-state index in [0.29, 0.717) is 6.42 Å². The molecule has 3 N–H and O–H groups in total. The van der Waals surface area contributed by atoms with E-state index in [-0.39, 0.29) is 30.9 Å². The molecule has 0 bridgehead atoms. The smallest absolute Gasteiger partial charge is 0.288 e. The first kappa shape index (κ1) is 18.6. The number of hydrogen-bond donors (Lipinski definition) is 3. The molecule has 0 unspecified atom stereocenters. The molecule has 0 heterocycles. The number of hydrogen-bond acceptors (Lipinski definition) is 4. The second kappa shape index (κ2) is 9.56. The number of rotatable bonds is 8. The van der Waals surface area contributed by atoms with Gasteiger partial charge in [-0.1, -0.05) is 33.1 Å². The molecule has 1 aliphatic carbocycles. The molecule has 6 nitrogen and oxygen atoms in total. The van der Waals surface area contributed by atoms with E-state index < -0.39 is 17.7 Å². The van der Waals surface area contributed by atoms with Gasteiger partial charge in [0.05, 0.1) is 6.61 Å². The molecular weight excluding hydrogens is 284 g/mol. The maximum Gasteiger partial charge on any atom is 0.288 e. The summed E-state index contributed by atoms with van der Waals surface area (Å²) in [5.41, 5.74) is 0. The van der Waals surface area contributed by atoms with Gasteiger partial charge in [0.2, 0.25) is 11.7 Å². The number of Topliss-reactive ketones (excluding diaryl/α,β-unsaturated/α-hetero) is 1. The standard InChI is InChI=1S/C16H28N2O4/c1-11(2)10-13(15(21)17-8-9-19)18-16(22)14(20)12-6-4-3-5-7-12/h11-13,19H,3-10H2,1-2H3,(H,17,21)(H,18,22)/t13-/m0/s1. The van der Waals surface area contributed by atoms with Gasteiger partial charge in [-0.3, -0.25) is 14.4 Å². The molecule has 0 aromatic heterocycles. The number of aliphatic hydroxyl groups is 1. The summed E-state index contributed by atoms with van der Waals surface area (Å²) in [6.45, 7) is 3.87. The lowest BCUT2D eigenvalue weighted by molar-refractivity contribution is -0.142. The Morgan fingerprint density at radius 1 is 1.14 bits per heavy atom. The van der Waals surface area contributed by atoms with Crippen LogP contribution in [-0.2, 0) is 14.4 Å². The lowest BCUT2D eigenvalue weighted by Crippen LogP contribution is -2.50. The molecule has 2 amide bonds. The van der Waals surface area contributed by atoms with Crippen molar-refractivity contribution in [3.8, 4) is 0 Å². The van der Waals surface area contributed by atoms with E-state index in [1.807, 2.05) is 13.8 Å². The normalized spacial score (nSPS) is 17.1. The summed E-state index contributed by atoms with van der Waals surface area (Å²) in [6, 6.07) is -0.730. The van der Waals surface area contributed by atoms with Crippen molar-refractivity contribution in [3.05, 3.63) is 0 Å². The van der Waals surface area contributed by atoms with E-state index in [4.69, 9.17) is 5.11 Å². The van der Waals surface area contributed by atoms with Crippen LogP contribution in [0.4, 0.5) is 0 Å². The topological polar surface area (TPSA) is 95.5 Å². The monoisotopic (exact) mass is 312 g/mol. The van der Waals surface area contributed by atoms with Crippen molar-refractivity contribution in [2.24, 2.45) is 11.8 Å². The first-order valence-electron chi connectivity index (χ1n) is 8.19. The zero-order valence-corrected chi connectivity index (χ0v) is 13.6. The van der Waals surface area contributed by atoms with Crippen LogP contribution < -0.4 is 10.6 Å². The summed E-state index contributed by atoms with van der Waals surface area (Å²) in [7, 11) is 0. The van der Waals surface area contributed by atoms with E-state index in [9.17, 15) is 14.4 Å². The van der Waals surface area contributed by atoms with Gasteiger partial charge < -0.3 is 15.7 Å². The van der Waals surface area contributed by atoms with Gasteiger partial charge in [-0.05, 0) is 25.2 Å². The molecule has 0 spiro atoms. The van der Waals surface area contributed by atoms with Crippen LogP contribution >= 0.6 is 0 Å². The average molecular weight is 312 g/mol. The maximum absolute atomic E-state index is 12.2. The Balaban J connectivity index is 2.60. The molecule has 1 aliphatic rings. The minimum absolute atomic E-state index is 0.139. The molecule has 0 saturated heterocycles. The summed E-state index contributed by atoms with van der Waals surface area (Å²) in [4.78, 5) is 36.3. The van der Waals surface area contributed by atoms with Crippen LogP contribution in [0, 0.1) is 11.8 Å². The lowest BCUT2D eigenvalue weighted by atomic mass is 9.86. The molecule has 0 aromatic rings. The fourth-order valence-electron chi connectivity index (χ4n) is 2.78. The average Bonchev–Trinajstić information content (AvgIpc) is 2.51. The van der Waals surface area contributed by atoms with Crippen LogP contribution in [0.5, 0.6) is 0 Å². The molecule has 1 saturated carbocycles. The van der Waals surface area contributed by atoms with Gasteiger partial charge in [0, 0.05) is 12.5 Å². The summed E-state index contributed by atoms with van der Waals surface area (Å²) in [6.07, 6.45) is 5.06. The Morgan fingerprint density at radius 2 is 1.77 bits per heavy atom. The molecule has 0 aliphatic heterocycles. The number of amides is 2. The quantitative estimate of drug-likeness (QED) is 0.577. The van der Waals surface area contributed by atoms with Gasteiger partial charge in [-0.25, -0.2) is 0 Å². The van der Waals surface area contributed by atoms with Gasteiger partial charge in [0.15, 0.2) is 0 Å². The van der Waals surface area contributed by atoms with Crippen molar-refractivity contribution in [1.29, 1.82) is 0 Å². The number of ketones is 1.